The maximum atomic E-state index is 10.5. The van der Waals surface area contributed by atoms with Gasteiger partial charge in [-0.25, -0.2) is 4.98 Å². The molecule has 0 spiro atoms. The molecule has 2 rings (SSSR count). The molecule has 1 heterocycles. The third-order valence-corrected chi connectivity index (χ3v) is 3.40. The van der Waals surface area contributed by atoms with Crippen molar-refractivity contribution < 1.29 is 4.79 Å². The predicted octanol–water partition coefficient (Wildman–Crippen LogP) is 3.11. The number of nitrogens with zero attached hydrogens (tertiary/aromatic N) is 1. The van der Waals surface area contributed by atoms with Crippen LogP contribution < -0.4 is 0 Å². The largest absolute Gasteiger partial charge is 0.297 e. The Morgan fingerprint density at radius 2 is 1.94 bits per heavy atom. The molecular formula is C13H13NOS. The fraction of sp³-hybridized carbons (Fsp3) is 0.231. The second-order valence-electron chi connectivity index (χ2n) is 3.62. The van der Waals surface area contributed by atoms with Crippen molar-refractivity contribution in [3.63, 3.8) is 0 Å². The molecule has 0 bridgehead atoms. The first-order valence-corrected chi connectivity index (χ1v) is 6.11. The molecule has 0 radical (unpaired) electrons. The molecule has 0 N–H and O–H groups in total. The van der Waals surface area contributed by atoms with Crippen LogP contribution in [0.3, 0.4) is 0 Å². The summed E-state index contributed by atoms with van der Waals surface area (Å²) < 4.78 is 0. The molecule has 0 atom stereocenters. The molecular weight excluding hydrogens is 218 g/mol. The molecule has 3 heteroatoms. The molecule has 0 aliphatic rings. The SMILES string of the molecule is CCc1ccc(Cc2ncc(C=O)s2)cc1. The minimum atomic E-state index is 0.695. The van der Waals surface area contributed by atoms with Crippen molar-refractivity contribution >= 4 is 17.6 Å². The first-order chi connectivity index (χ1) is 7.81. The average Bonchev–Trinajstić information content (AvgIpc) is 2.78. The summed E-state index contributed by atoms with van der Waals surface area (Å²) in [5.74, 6) is 0. The van der Waals surface area contributed by atoms with Gasteiger partial charge in [-0.3, -0.25) is 4.79 Å². The lowest BCUT2D eigenvalue weighted by Crippen LogP contribution is -1.87. The zero-order valence-corrected chi connectivity index (χ0v) is 9.96. The first-order valence-electron chi connectivity index (χ1n) is 5.29. The van der Waals surface area contributed by atoms with E-state index in [-0.39, 0.29) is 0 Å². The number of aldehydes is 1. The topological polar surface area (TPSA) is 30.0 Å². The highest BCUT2D eigenvalue weighted by atomic mass is 32.1. The van der Waals surface area contributed by atoms with Crippen LogP contribution >= 0.6 is 11.3 Å². The molecule has 0 unspecified atom stereocenters. The number of hydrogen-bond donors (Lipinski definition) is 0. The highest BCUT2D eigenvalue weighted by Crippen LogP contribution is 2.16. The second kappa shape index (κ2) is 5.03. The normalized spacial score (nSPS) is 10.3. The van der Waals surface area contributed by atoms with E-state index in [4.69, 9.17) is 0 Å². The molecule has 1 aromatic heterocycles. The minimum absolute atomic E-state index is 0.695. The average molecular weight is 231 g/mol. The summed E-state index contributed by atoms with van der Waals surface area (Å²) in [7, 11) is 0. The Hall–Kier alpha value is -1.48. The zero-order valence-electron chi connectivity index (χ0n) is 9.14. The monoisotopic (exact) mass is 231 g/mol. The van der Waals surface area contributed by atoms with E-state index in [1.807, 2.05) is 0 Å². The minimum Gasteiger partial charge on any atom is -0.297 e. The first kappa shape index (κ1) is 11.0. The van der Waals surface area contributed by atoms with Crippen LogP contribution in [0.2, 0.25) is 0 Å². The second-order valence-corrected chi connectivity index (χ2v) is 4.77. The number of carbonyl (C=O) groups excluding carboxylic acids is 1. The Kier molecular flexibility index (Phi) is 3.47. The van der Waals surface area contributed by atoms with Crippen LogP contribution in [0.1, 0.15) is 32.7 Å². The van der Waals surface area contributed by atoms with Crippen molar-refractivity contribution in [3.8, 4) is 0 Å². The van der Waals surface area contributed by atoms with Crippen molar-refractivity contribution in [2.75, 3.05) is 0 Å². The third-order valence-electron chi connectivity index (χ3n) is 2.47. The van der Waals surface area contributed by atoms with Crippen molar-refractivity contribution in [2.45, 2.75) is 19.8 Å². The summed E-state index contributed by atoms with van der Waals surface area (Å²) in [6, 6.07) is 8.54. The van der Waals surface area contributed by atoms with Gasteiger partial charge in [-0.2, -0.15) is 0 Å². The van der Waals surface area contributed by atoms with Crippen LogP contribution in [0, 0.1) is 0 Å². The fourth-order valence-corrected chi connectivity index (χ4v) is 2.30. The Bertz CT molecular complexity index is 473. The van der Waals surface area contributed by atoms with Crippen LogP contribution in [-0.4, -0.2) is 11.3 Å². The number of rotatable bonds is 4. The maximum absolute atomic E-state index is 10.5. The summed E-state index contributed by atoms with van der Waals surface area (Å²) >= 11 is 1.46. The molecule has 16 heavy (non-hydrogen) atoms. The van der Waals surface area contributed by atoms with Gasteiger partial charge in [0.1, 0.15) is 0 Å². The van der Waals surface area contributed by atoms with Crippen LogP contribution in [0.25, 0.3) is 0 Å². The van der Waals surface area contributed by atoms with E-state index in [0.29, 0.717) is 4.88 Å². The highest BCUT2D eigenvalue weighted by molar-refractivity contribution is 7.13. The van der Waals surface area contributed by atoms with Gasteiger partial charge >= 0.3 is 0 Å². The smallest absolute Gasteiger partial charge is 0.161 e. The summed E-state index contributed by atoms with van der Waals surface area (Å²) in [5, 5.41) is 0.992. The molecule has 0 fully saturated rings. The quantitative estimate of drug-likeness (QED) is 0.757. The number of carbonyl (C=O) groups is 1. The molecule has 1 aromatic carbocycles. The van der Waals surface area contributed by atoms with E-state index in [1.54, 1.807) is 6.20 Å². The summed E-state index contributed by atoms with van der Waals surface area (Å²) in [6.07, 6.45) is 4.35. The number of hydrogen-bond acceptors (Lipinski definition) is 3. The molecule has 82 valence electrons. The lowest BCUT2D eigenvalue weighted by atomic mass is 10.1. The number of thiazole rings is 1. The van der Waals surface area contributed by atoms with Gasteiger partial charge in [0.2, 0.25) is 0 Å². The van der Waals surface area contributed by atoms with Crippen molar-refractivity contribution in [2.24, 2.45) is 0 Å². The van der Waals surface area contributed by atoms with Gasteiger partial charge in [0, 0.05) is 12.6 Å². The van der Waals surface area contributed by atoms with Crippen LogP contribution in [0.15, 0.2) is 30.5 Å². The molecule has 0 saturated carbocycles. The lowest BCUT2D eigenvalue weighted by molar-refractivity contribution is 0.112. The Morgan fingerprint density at radius 1 is 1.25 bits per heavy atom. The van der Waals surface area contributed by atoms with Crippen molar-refractivity contribution in [1.29, 1.82) is 0 Å². The lowest BCUT2D eigenvalue weighted by Gasteiger charge is -2.00. The molecule has 0 aliphatic carbocycles. The van der Waals surface area contributed by atoms with E-state index in [9.17, 15) is 4.79 Å². The van der Waals surface area contributed by atoms with Crippen molar-refractivity contribution in [3.05, 3.63) is 51.5 Å². The standard InChI is InChI=1S/C13H13NOS/c1-2-10-3-5-11(6-4-10)7-13-14-8-12(9-15)16-13/h3-6,8-9H,2,7H2,1H3. The van der Waals surface area contributed by atoms with E-state index >= 15 is 0 Å². The highest BCUT2D eigenvalue weighted by Gasteiger charge is 2.02. The molecule has 2 aromatic rings. The van der Waals surface area contributed by atoms with Gasteiger partial charge in [0.05, 0.1) is 9.88 Å². The fourth-order valence-electron chi connectivity index (χ4n) is 1.53. The Labute approximate surface area is 99.0 Å². The van der Waals surface area contributed by atoms with Gasteiger partial charge in [-0.05, 0) is 17.5 Å². The summed E-state index contributed by atoms with van der Waals surface area (Å²) in [6.45, 7) is 2.15. The van der Waals surface area contributed by atoms with Crippen LogP contribution in [0.5, 0.6) is 0 Å². The molecule has 0 saturated heterocycles. The number of aromatic nitrogens is 1. The maximum Gasteiger partial charge on any atom is 0.161 e. The van der Waals surface area contributed by atoms with Crippen LogP contribution in [-0.2, 0) is 12.8 Å². The van der Waals surface area contributed by atoms with Gasteiger partial charge in [-0.1, -0.05) is 31.2 Å². The van der Waals surface area contributed by atoms with E-state index in [1.165, 1.54) is 22.5 Å². The summed E-state index contributed by atoms with van der Waals surface area (Å²) in [5.41, 5.74) is 2.58. The third kappa shape index (κ3) is 2.55. The number of benzene rings is 1. The molecule has 2 nitrogen and oxygen atoms in total. The van der Waals surface area contributed by atoms with Gasteiger partial charge < -0.3 is 0 Å². The van der Waals surface area contributed by atoms with Gasteiger partial charge in [-0.15, -0.1) is 11.3 Å². The summed E-state index contributed by atoms with van der Waals surface area (Å²) in [4.78, 5) is 15.4. The van der Waals surface area contributed by atoms with Gasteiger partial charge in [0.25, 0.3) is 0 Å². The van der Waals surface area contributed by atoms with Gasteiger partial charge in [0.15, 0.2) is 6.29 Å². The van der Waals surface area contributed by atoms with E-state index < -0.39 is 0 Å². The Balaban J connectivity index is 2.10. The van der Waals surface area contributed by atoms with Crippen LogP contribution in [0.4, 0.5) is 0 Å². The Morgan fingerprint density at radius 3 is 2.50 bits per heavy atom. The van der Waals surface area contributed by atoms with E-state index in [2.05, 4.69) is 36.2 Å². The molecule has 0 aliphatic heterocycles. The molecule has 0 amide bonds. The predicted molar refractivity (Wildman–Crippen MR) is 66.1 cm³/mol. The zero-order chi connectivity index (χ0) is 11.4. The number of aryl methyl sites for hydroxylation is 1. The van der Waals surface area contributed by atoms with Crippen molar-refractivity contribution in [1.82, 2.24) is 4.98 Å². The van der Waals surface area contributed by atoms with E-state index in [0.717, 1.165) is 24.1 Å².